The Labute approximate surface area is 115 Å². The molecule has 0 saturated carbocycles. The highest BCUT2D eigenvalue weighted by atomic mass is 32.1. The SMILES string of the molecule is [C-]#[N+]c1cc(-c2ccc(C(=O)O)s2)ccc1N(C)C. The Bertz CT molecular complexity index is 668. The van der Waals surface area contributed by atoms with Gasteiger partial charge in [0.2, 0.25) is 5.69 Å². The summed E-state index contributed by atoms with van der Waals surface area (Å²) in [6.45, 7) is 7.22. The van der Waals surface area contributed by atoms with Crippen molar-refractivity contribution in [2.45, 2.75) is 0 Å². The lowest BCUT2D eigenvalue weighted by molar-refractivity contribution is 0.0702. The second kappa shape index (κ2) is 5.12. The van der Waals surface area contributed by atoms with Crippen LogP contribution >= 0.6 is 11.3 Å². The van der Waals surface area contributed by atoms with E-state index in [1.54, 1.807) is 18.2 Å². The molecule has 0 aliphatic heterocycles. The minimum Gasteiger partial charge on any atom is -0.477 e. The molecule has 5 heteroatoms. The van der Waals surface area contributed by atoms with E-state index < -0.39 is 5.97 Å². The maximum atomic E-state index is 10.9. The van der Waals surface area contributed by atoms with Crippen LogP contribution in [0.3, 0.4) is 0 Å². The van der Waals surface area contributed by atoms with Gasteiger partial charge in [0.25, 0.3) is 0 Å². The van der Waals surface area contributed by atoms with Crippen LogP contribution in [-0.2, 0) is 0 Å². The van der Waals surface area contributed by atoms with Gasteiger partial charge >= 0.3 is 5.97 Å². The van der Waals surface area contributed by atoms with Crippen LogP contribution in [0.5, 0.6) is 0 Å². The molecular weight excluding hydrogens is 260 g/mol. The molecule has 1 aromatic heterocycles. The lowest BCUT2D eigenvalue weighted by Gasteiger charge is -2.14. The molecule has 1 N–H and O–H groups in total. The zero-order valence-electron chi connectivity index (χ0n) is 10.5. The minimum absolute atomic E-state index is 0.302. The lowest BCUT2D eigenvalue weighted by Crippen LogP contribution is -2.08. The van der Waals surface area contributed by atoms with Gasteiger partial charge in [-0.2, -0.15) is 0 Å². The summed E-state index contributed by atoms with van der Waals surface area (Å²) in [5.74, 6) is -0.924. The Hall–Kier alpha value is -2.32. The van der Waals surface area contributed by atoms with E-state index in [2.05, 4.69) is 4.85 Å². The first-order valence-corrected chi connectivity index (χ1v) is 6.37. The third-order valence-corrected chi connectivity index (χ3v) is 3.80. The first kappa shape index (κ1) is 13.1. The van der Waals surface area contributed by atoms with E-state index >= 15 is 0 Å². The van der Waals surface area contributed by atoms with Gasteiger partial charge in [0.05, 0.1) is 6.57 Å². The number of carboxylic acid groups (broad SMARTS) is 1. The summed E-state index contributed by atoms with van der Waals surface area (Å²) in [5.41, 5.74) is 2.29. The first-order chi connectivity index (χ1) is 9.02. The van der Waals surface area contributed by atoms with Crippen molar-refractivity contribution in [2.24, 2.45) is 0 Å². The molecule has 0 saturated heterocycles. The molecule has 0 fully saturated rings. The maximum Gasteiger partial charge on any atom is 0.345 e. The van der Waals surface area contributed by atoms with Crippen LogP contribution in [0, 0.1) is 6.57 Å². The van der Waals surface area contributed by atoms with Gasteiger partial charge in [-0.1, -0.05) is 6.07 Å². The largest absolute Gasteiger partial charge is 0.477 e. The van der Waals surface area contributed by atoms with E-state index in [9.17, 15) is 4.79 Å². The third-order valence-electron chi connectivity index (χ3n) is 2.68. The van der Waals surface area contributed by atoms with E-state index in [0.717, 1.165) is 16.1 Å². The number of rotatable bonds is 3. The summed E-state index contributed by atoms with van der Waals surface area (Å²) < 4.78 is 0. The van der Waals surface area contributed by atoms with Crippen molar-refractivity contribution in [2.75, 3.05) is 19.0 Å². The van der Waals surface area contributed by atoms with Crippen LogP contribution in [0.2, 0.25) is 0 Å². The van der Waals surface area contributed by atoms with E-state index in [-0.39, 0.29) is 0 Å². The second-order valence-electron chi connectivity index (χ2n) is 4.18. The predicted octanol–water partition coefficient (Wildman–Crippen LogP) is 3.73. The number of nitrogens with zero attached hydrogens (tertiary/aromatic N) is 2. The normalized spacial score (nSPS) is 9.95. The number of carbonyl (C=O) groups is 1. The van der Waals surface area contributed by atoms with Gasteiger partial charge in [-0.05, 0) is 29.8 Å². The van der Waals surface area contributed by atoms with Crippen molar-refractivity contribution in [1.82, 2.24) is 0 Å². The summed E-state index contributed by atoms with van der Waals surface area (Å²) in [6, 6.07) is 8.93. The fourth-order valence-corrected chi connectivity index (χ4v) is 2.59. The van der Waals surface area contributed by atoms with E-state index in [4.69, 9.17) is 11.7 Å². The van der Waals surface area contributed by atoms with E-state index in [1.807, 2.05) is 31.1 Å². The Kier molecular flexibility index (Phi) is 3.54. The monoisotopic (exact) mass is 272 g/mol. The number of hydrogen-bond acceptors (Lipinski definition) is 3. The number of anilines is 1. The topological polar surface area (TPSA) is 44.9 Å². The van der Waals surface area contributed by atoms with Gasteiger partial charge in [-0.15, -0.1) is 11.3 Å². The van der Waals surface area contributed by atoms with Crippen molar-refractivity contribution in [1.29, 1.82) is 0 Å². The van der Waals surface area contributed by atoms with Gasteiger partial charge in [-0.3, -0.25) is 0 Å². The molecule has 0 spiro atoms. The Morgan fingerprint density at radius 3 is 2.58 bits per heavy atom. The van der Waals surface area contributed by atoms with Gasteiger partial charge in [-0.25, -0.2) is 9.64 Å². The number of hydrogen-bond donors (Lipinski definition) is 1. The fraction of sp³-hybridized carbons (Fsp3) is 0.143. The maximum absolute atomic E-state index is 10.9. The molecule has 0 aliphatic carbocycles. The molecule has 1 heterocycles. The van der Waals surface area contributed by atoms with Crippen molar-refractivity contribution in [3.8, 4) is 10.4 Å². The number of aromatic carboxylic acids is 1. The third kappa shape index (κ3) is 2.59. The summed E-state index contributed by atoms with van der Waals surface area (Å²) in [4.78, 5) is 17.4. The molecule has 4 nitrogen and oxygen atoms in total. The predicted molar refractivity (Wildman–Crippen MR) is 77.3 cm³/mol. The van der Waals surface area contributed by atoms with Crippen LogP contribution in [-0.4, -0.2) is 25.2 Å². The summed E-state index contributed by atoms with van der Waals surface area (Å²) in [5, 5.41) is 8.92. The van der Waals surface area contributed by atoms with E-state index in [1.165, 1.54) is 11.3 Å². The van der Waals surface area contributed by atoms with Crippen LogP contribution in [0.15, 0.2) is 30.3 Å². The molecule has 1 aromatic carbocycles. The molecular formula is C14H12N2O2S. The molecule has 96 valence electrons. The molecule has 2 rings (SSSR count). The Morgan fingerprint density at radius 1 is 1.32 bits per heavy atom. The van der Waals surface area contributed by atoms with Crippen molar-refractivity contribution >= 4 is 28.7 Å². The fourth-order valence-electron chi connectivity index (χ4n) is 1.75. The molecule has 2 aromatic rings. The minimum atomic E-state index is -0.924. The van der Waals surface area contributed by atoms with Crippen LogP contribution in [0.25, 0.3) is 15.3 Å². The molecule has 0 aliphatic rings. The van der Waals surface area contributed by atoms with Crippen molar-refractivity contribution in [3.05, 3.63) is 46.6 Å². The van der Waals surface area contributed by atoms with Crippen molar-refractivity contribution < 1.29 is 9.90 Å². The van der Waals surface area contributed by atoms with Crippen molar-refractivity contribution in [3.63, 3.8) is 0 Å². The molecule has 0 unspecified atom stereocenters. The van der Waals surface area contributed by atoms with Crippen LogP contribution in [0.1, 0.15) is 9.67 Å². The van der Waals surface area contributed by atoms with Crippen LogP contribution < -0.4 is 4.90 Å². The molecule has 0 atom stereocenters. The zero-order valence-corrected chi connectivity index (χ0v) is 11.4. The zero-order chi connectivity index (χ0) is 14.0. The van der Waals surface area contributed by atoms with Gasteiger partial charge in [0.1, 0.15) is 4.88 Å². The molecule has 0 amide bonds. The average molecular weight is 272 g/mol. The number of thiophene rings is 1. The van der Waals surface area contributed by atoms with E-state index in [0.29, 0.717) is 10.6 Å². The average Bonchev–Trinajstić information content (AvgIpc) is 2.87. The highest BCUT2D eigenvalue weighted by Gasteiger charge is 2.11. The number of carboxylic acids is 1. The first-order valence-electron chi connectivity index (χ1n) is 5.55. The molecule has 19 heavy (non-hydrogen) atoms. The standard InChI is InChI=1S/C14H12N2O2S/c1-15-10-8-9(4-5-11(10)16(2)3)12-6-7-13(19-12)14(17)18/h4-8H,2-3H3,(H,17,18). The Morgan fingerprint density at radius 2 is 2.05 bits per heavy atom. The summed E-state index contributed by atoms with van der Waals surface area (Å²) in [6.07, 6.45) is 0. The van der Waals surface area contributed by atoms with Gasteiger partial charge in [0.15, 0.2) is 0 Å². The molecule has 0 radical (unpaired) electrons. The Balaban J connectivity index is 2.46. The second-order valence-corrected chi connectivity index (χ2v) is 5.26. The lowest BCUT2D eigenvalue weighted by atomic mass is 10.1. The quantitative estimate of drug-likeness (QED) is 0.866. The van der Waals surface area contributed by atoms with Gasteiger partial charge in [0, 0.05) is 24.7 Å². The highest BCUT2D eigenvalue weighted by Crippen LogP contribution is 2.35. The smallest absolute Gasteiger partial charge is 0.345 e. The molecule has 0 bridgehead atoms. The van der Waals surface area contributed by atoms with Gasteiger partial charge < -0.3 is 10.0 Å². The number of benzene rings is 1. The van der Waals surface area contributed by atoms with Crippen LogP contribution in [0.4, 0.5) is 11.4 Å². The summed E-state index contributed by atoms with van der Waals surface area (Å²) in [7, 11) is 3.77. The highest BCUT2D eigenvalue weighted by molar-refractivity contribution is 7.17. The summed E-state index contributed by atoms with van der Waals surface area (Å²) >= 11 is 1.21.